The lowest BCUT2D eigenvalue weighted by molar-refractivity contribution is -0.0690. The molecule has 0 heterocycles. The van der Waals surface area contributed by atoms with E-state index in [0.717, 1.165) is 0 Å². The molecule has 2 aromatic rings. The van der Waals surface area contributed by atoms with Crippen molar-refractivity contribution in [2.75, 3.05) is 0 Å². The Bertz CT molecular complexity index is 1020. The maximum absolute atomic E-state index is 12.5. The first kappa shape index (κ1) is 17.0. The molecule has 0 saturated heterocycles. The van der Waals surface area contributed by atoms with Crippen molar-refractivity contribution in [1.29, 1.82) is 0 Å². The second-order valence-corrected chi connectivity index (χ2v) is 8.05. The van der Waals surface area contributed by atoms with E-state index in [-0.39, 0.29) is 46.8 Å². The first-order chi connectivity index (χ1) is 12.8. The second kappa shape index (κ2) is 5.23. The van der Waals surface area contributed by atoms with Gasteiger partial charge in [-0.2, -0.15) is 0 Å². The van der Waals surface area contributed by atoms with Gasteiger partial charge in [0.1, 0.15) is 23.2 Å². The van der Waals surface area contributed by atoms with Crippen LogP contribution >= 0.6 is 11.6 Å². The molecule has 5 atom stereocenters. The quantitative estimate of drug-likeness (QED) is 0.441. The van der Waals surface area contributed by atoms with E-state index in [2.05, 4.69) is 0 Å². The van der Waals surface area contributed by atoms with Crippen LogP contribution in [0.1, 0.15) is 51.9 Å². The number of phenols is 2. The zero-order chi connectivity index (χ0) is 19.2. The Morgan fingerprint density at radius 2 is 1.67 bits per heavy atom. The molecule has 140 valence electrons. The molecule has 3 aliphatic rings. The predicted octanol–water partition coefficient (Wildman–Crippen LogP) is 2.04. The number of aromatic hydroxyl groups is 2. The average Bonchev–Trinajstić information content (AvgIpc) is 2.63. The van der Waals surface area contributed by atoms with Crippen LogP contribution in [-0.2, 0) is 5.60 Å². The molecule has 0 fully saturated rings. The molecule has 2 aromatic carbocycles. The van der Waals surface area contributed by atoms with Crippen molar-refractivity contribution in [3.63, 3.8) is 0 Å². The van der Waals surface area contributed by atoms with Gasteiger partial charge in [0.2, 0.25) is 0 Å². The van der Waals surface area contributed by atoms with Crippen molar-refractivity contribution in [2.24, 2.45) is 0 Å². The monoisotopic (exact) mass is 388 g/mol. The van der Waals surface area contributed by atoms with E-state index in [4.69, 9.17) is 11.6 Å². The smallest absolute Gasteiger partial charge is 0.167 e. The Morgan fingerprint density at radius 1 is 1.00 bits per heavy atom. The number of alkyl halides is 1. The zero-order valence-corrected chi connectivity index (χ0v) is 14.8. The highest BCUT2D eigenvalue weighted by Crippen LogP contribution is 2.62. The summed E-state index contributed by atoms with van der Waals surface area (Å²) in [5.41, 5.74) is 0.447. The van der Waals surface area contributed by atoms with Crippen LogP contribution < -0.4 is 0 Å². The number of halogens is 1. The lowest BCUT2D eigenvalue weighted by atomic mass is 9.57. The summed E-state index contributed by atoms with van der Waals surface area (Å²) < 4.78 is 0. The molecule has 27 heavy (non-hydrogen) atoms. The fourth-order valence-electron chi connectivity index (χ4n) is 5.14. The van der Waals surface area contributed by atoms with Crippen LogP contribution in [0, 0.1) is 0 Å². The molecular weight excluding hydrogens is 372 g/mol. The molecule has 0 spiro atoms. The Balaban J connectivity index is 1.96. The minimum absolute atomic E-state index is 0.00270. The molecule has 0 saturated carbocycles. The minimum atomic E-state index is -1.65. The van der Waals surface area contributed by atoms with E-state index < -0.39 is 29.1 Å². The van der Waals surface area contributed by atoms with Gasteiger partial charge in [0.15, 0.2) is 5.78 Å². The van der Waals surface area contributed by atoms with Crippen LogP contribution in [0.4, 0.5) is 0 Å². The molecule has 0 bridgehead atoms. The molecule has 7 heteroatoms. The Labute approximate surface area is 159 Å². The number of phenolic OH excluding ortho intramolecular Hbond substituents is 2. The van der Waals surface area contributed by atoms with Gasteiger partial charge in [-0.05, 0) is 35.2 Å². The van der Waals surface area contributed by atoms with E-state index in [0.29, 0.717) is 16.7 Å². The van der Waals surface area contributed by atoms with Gasteiger partial charge in [0, 0.05) is 23.5 Å². The number of fused-ring (bicyclic) bond motifs is 2. The van der Waals surface area contributed by atoms with Gasteiger partial charge in [-0.15, -0.1) is 11.6 Å². The number of carbonyl (C=O) groups is 1. The van der Waals surface area contributed by atoms with E-state index in [1.54, 1.807) is 12.1 Å². The normalized spacial score (nSPS) is 33.4. The van der Waals surface area contributed by atoms with Gasteiger partial charge in [-0.25, -0.2) is 0 Å². The maximum atomic E-state index is 12.5. The van der Waals surface area contributed by atoms with Crippen LogP contribution in [0.25, 0.3) is 11.1 Å². The number of hydrogen-bond donors (Lipinski definition) is 5. The van der Waals surface area contributed by atoms with E-state index in [1.165, 1.54) is 12.1 Å². The fourth-order valence-corrected chi connectivity index (χ4v) is 5.41. The fraction of sp³-hybridized carbons (Fsp3) is 0.350. The predicted molar refractivity (Wildman–Crippen MR) is 96.0 cm³/mol. The average molecular weight is 389 g/mol. The highest BCUT2D eigenvalue weighted by Gasteiger charge is 2.58. The summed E-state index contributed by atoms with van der Waals surface area (Å²) in [7, 11) is 0. The van der Waals surface area contributed by atoms with Crippen molar-refractivity contribution in [3.8, 4) is 22.6 Å². The van der Waals surface area contributed by atoms with Crippen molar-refractivity contribution >= 4 is 17.4 Å². The molecule has 6 nitrogen and oxygen atoms in total. The molecular formula is C20H17ClO6. The van der Waals surface area contributed by atoms with E-state index in [1.807, 2.05) is 0 Å². The molecule has 1 unspecified atom stereocenters. The molecule has 5 N–H and O–H groups in total. The van der Waals surface area contributed by atoms with Crippen LogP contribution in [0.2, 0.25) is 0 Å². The van der Waals surface area contributed by atoms with E-state index in [9.17, 15) is 30.3 Å². The topological polar surface area (TPSA) is 118 Å². The van der Waals surface area contributed by atoms with Crippen LogP contribution in [0.3, 0.4) is 0 Å². The van der Waals surface area contributed by atoms with Crippen molar-refractivity contribution < 1.29 is 30.3 Å². The maximum Gasteiger partial charge on any atom is 0.167 e. The Morgan fingerprint density at radius 3 is 2.41 bits per heavy atom. The number of hydrogen-bond acceptors (Lipinski definition) is 6. The number of aliphatic hydroxyl groups excluding tert-OH is 2. The molecule has 0 radical (unpaired) electrons. The molecule has 0 aromatic heterocycles. The van der Waals surface area contributed by atoms with Gasteiger partial charge in [0.25, 0.3) is 0 Å². The third kappa shape index (κ3) is 1.88. The largest absolute Gasteiger partial charge is 0.508 e. The van der Waals surface area contributed by atoms with Crippen LogP contribution in [0.5, 0.6) is 11.5 Å². The zero-order valence-electron chi connectivity index (χ0n) is 14.1. The first-order valence-corrected chi connectivity index (χ1v) is 9.19. The highest BCUT2D eigenvalue weighted by molar-refractivity contribution is 6.21. The first-order valence-electron chi connectivity index (χ1n) is 8.75. The molecule has 3 aliphatic carbocycles. The van der Waals surface area contributed by atoms with Gasteiger partial charge < -0.3 is 25.5 Å². The lowest BCUT2D eigenvalue weighted by Crippen LogP contribution is -2.52. The van der Waals surface area contributed by atoms with Crippen molar-refractivity contribution in [1.82, 2.24) is 0 Å². The van der Waals surface area contributed by atoms with E-state index >= 15 is 0 Å². The van der Waals surface area contributed by atoms with Gasteiger partial charge in [0.05, 0.1) is 17.0 Å². The summed E-state index contributed by atoms with van der Waals surface area (Å²) >= 11 is 6.26. The Kier molecular flexibility index (Phi) is 3.30. The number of rotatable bonds is 0. The lowest BCUT2D eigenvalue weighted by Gasteiger charge is -2.51. The van der Waals surface area contributed by atoms with Crippen molar-refractivity contribution in [2.45, 2.75) is 41.9 Å². The summed E-state index contributed by atoms with van der Waals surface area (Å²) in [5.74, 6) is -1.60. The standard InChI is InChI=1S/C20H17ClO6/c21-17-18(25)14-10(23)3-1-7-8-2-4-9(22)13-11(24)5-6-20(27,15(8)13)16(12(7)14)19(17)26/h1-4,16-19,22-23,25-27H,5-6H2/t16?,17-,18-,19+,20-/m0/s1. The van der Waals surface area contributed by atoms with Gasteiger partial charge in [-0.3, -0.25) is 4.79 Å². The summed E-state index contributed by atoms with van der Waals surface area (Å²) in [4.78, 5) is 12.5. The van der Waals surface area contributed by atoms with Crippen LogP contribution in [0.15, 0.2) is 24.3 Å². The summed E-state index contributed by atoms with van der Waals surface area (Å²) in [6, 6.07) is 6.05. The number of carbonyl (C=O) groups excluding carboxylic acids is 1. The third-order valence-electron chi connectivity index (χ3n) is 6.27. The Hall–Kier alpha value is -2.12. The second-order valence-electron chi connectivity index (χ2n) is 7.55. The van der Waals surface area contributed by atoms with Gasteiger partial charge >= 0.3 is 0 Å². The van der Waals surface area contributed by atoms with Crippen LogP contribution in [-0.4, -0.2) is 42.8 Å². The molecule has 5 rings (SSSR count). The van der Waals surface area contributed by atoms with Crippen molar-refractivity contribution in [3.05, 3.63) is 46.5 Å². The highest BCUT2D eigenvalue weighted by atomic mass is 35.5. The molecule has 0 amide bonds. The summed E-state index contributed by atoms with van der Waals surface area (Å²) in [6.45, 7) is 0. The third-order valence-corrected chi connectivity index (χ3v) is 6.77. The number of Topliss-reactive ketones (excluding diaryl/α,β-unsaturated/α-hetero) is 1. The molecule has 0 aliphatic heterocycles. The number of benzene rings is 2. The number of aliphatic hydroxyl groups is 3. The summed E-state index contributed by atoms with van der Waals surface area (Å²) in [5, 5.41) is 52.6. The number of ketones is 1. The minimum Gasteiger partial charge on any atom is -0.508 e. The van der Waals surface area contributed by atoms with Gasteiger partial charge in [-0.1, -0.05) is 12.1 Å². The summed E-state index contributed by atoms with van der Waals surface area (Å²) in [6.07, 6.45) is -2.57. The SMILES string of the molecule is O=C1CC[C@]2(O)c3c(ccc(O)c31)-c1ccc(O)c3c1C2[C@@H](O)[C@@H](Cl)[C@H]3O.